The average molecular weight is 267 g/mol. The van der Waals surface area contributed by atoms with Crippen molar-refractivity contribution >= 4 is 22.9 Å². The van der Waals surface area contributed by atoms with Gasteiger partial charge in [0.25, 0.3) is 5.91 Å². The monoisotopic (exact) mass is 267 g/mol. The Hall–Kier alpha value is -2.10. The Kier molecular flexibility index (Phi) is 2.62. The van der Waals surface area contributed by atoms with E-state index in [2.05, 4.69) is 15.3 Å². The van der Waals surface area contributed by atoms with Gasteiger partial charge in [-0.05, 0) is 49.7 Å². The van der Waals surface area contributed by atoms with Crippen molar-refractivity contribution in [2.24, 2.45) is 11.8 Å². The van der Waals surface area contributed by atoms with Crippen molar-refractivity contribution in [2.75, 3.05) is 5.32 Å². The minimum atomic E-state index is -0.0575. The molecule has 2 aromatic rings. The van der Waals surface area contributed by atoms with E-state index in [1.807, 2.05) is 30.3 Å². The number of fused-ring (bicyclic) bond motifs is 1. The van der Waals surface area contributed by atoms with Gasteiger partial charge in [0.1, 0.15) is 0 Å². The summed E-state index contributed by atoms with van der Waals surface area (Å²) >= 11 is 0. The second kappa shape index (κ2) is 4.47. The SMILES string of the molecule is O=C(C=C(C1CC1)C1CC1)Nc1nc2ccccc2[nH]1. The number of rotatable bonds is 4. The zero-order valence-corrected chi connectivity index (χ0v) is 11.2. The molecule has 1 heterocycles. The fourth-order valence-corrected chi connectivity index (χ4v) is 2.72. The Morgan fingerprint density at radius 1 is 1.20 bits per heavy atom. The van der Waals surface area contributed by atoms with Crippen LogP contribution >= 0.6 is 0 Å². The topological polar surface area (TPSA) is 57.8 Å². The number of H-pyrrole nitrogens is 1. The highest BCUT2D eigenvalue weighted by molar-refractivity contribution is 5.99. The van der Waals surface area contributed by atoms with Crippen LogP contribution in [-0.2, 0) is 4.79 Å². The molecule has 0 unspecified atom stereocenters. The lowest BCUT2D eigenvalue weighted by molar-refractivity contribution is -0.112. The van der Waals surface area contributed by atoms with Crippen LogP contribution in [0.1, 0.15) is 25.7 Å². The van der Waals surface area contributed by atoms with Crippen molar-refractivity contribution in [3.05, 3.63) is 35.9 Å². The Balaban J connectivity index is 1.52. The van der Waals surface area contributed by atoms with Gasteiger partial charge in [-0.1, -0.05) is 17.7 Å². The summed E-state index contributed by atoms with van der Waals surface area (Å²) in [6.07, 6.45) is 6.81. The minimum Gasteiger partial charge on any atom is -0.324 e. The smallest absolute Gasteiger partial charge is 0.250 e. The lowest BCUT2D eigenvalue weighted by atomic mass is 10.1. The second-order valence-electron chi connectivity index (χ2n) is 5.78. The molecule has 1 aromatic heterocycles. The molecular formula is C16H17N3O. The summed E-state index contributed by atoms with van der Waals surface area (Å²) < 4.78 is 0. The maximum absolute atomic E-state index is 12.1. The van der Waals surface area contributed by atoms with Gasteiger partial charge in [-0.15, -0.1) is 0 Å². The van der Waals surface area contributed by atoms with Gasteiger partial charge in [0, 0.05) is 6.08 Å². The number of allylic oxidation sites excluding steroid dienone is 1. The number of anilines is 1. The molecule has 20 heavy (non-hydrogen) atoms. The van der Waals surface area contributed by atoms with Gasteiger partial charge in [-0.2, -0.15) is 0 Å². The van der Waals surface area contributed by atoms with E-state index in [0.29, 0.717) is 17.8 Å². The van der Waals surface area contributed by atoms with Crippen LogP contribution < -0.4 is 5.32 Å². The molecule has 4 heteroatoms. The molecule has 2 saturated carbocycles. The van der Waals surface area contributed by atoms with Crippen molar-refractivity contribution in [2.45, 2.75) is 25.7 Å². The zero-order valence-electron chi connectivity index (χ0n) is 11.2. The molecule has 102 valence electrons. The first kappa shape index (κ1) is 11.7. The lowest BCUT2D eigenvalue weighted by Gasteiger charge is -2.03. The summed E-state index contributed by atoms with van der Waals surface area (Å²) in [6, 6.07) is 7.77. The number of benzene rings is 1. The Morgan fingerprint density at radius 2 is 1.90 bits per heavy atom. The predicted molar refractivity (Wildman–Crippen MR) is 78.3 cm³/mol. The molecular weight excluding hydrogens is 250 g/mol. The van der Waals surface area contributed by atoms with E-state index >= 15 is 0 Å². The van der Waals surface area contributed by atoms with E-state index in [1.165, 1.54) is 31.3 Å². The Bertz CT molecular complexity index is 646. The molecule has 0 saturated heterocycles. The summed E-state index contributed by atoms with van der Waals surface area (Å²) in [7, 11) is 0. The molecule has 4 nitrogen and oxygen atoms in total. The normalized spacial score (nSPS) is 18.0. The first-order valence-electron chi connectivity index (χ1n) is 7.27. The summed E-state index contributed by atoms with van der Waals surface area (Å²) in [5, 5.41) is 2.85. The maximum atomic E-state index is 12.1. The molecule has 0 radical (unpaired) electrons. The van der Waals surface area contributed by atoms with Gasteiger partial charge >= 0.3 is 0 Å². The molecule has 2 N–H and O–H groups in total. The molecule has 0 atom stereocenters. The van der Waals surface area contributed by atoms with E-state index in [4.69, 9.17) is 0 Å². The minimum absolute atomic E-state index is 0.0575. The highest BCUT2D eigenvalue weighted by Crippen LogP contribution is 2.48. The Morgan fingerprint density at radius 3 is 2.55 bits per heavy atom. The summed E-state index contributed by atoms with van der Waals surface area (Å²) in [4.78, 5) is 19.6. The van der Waals surface area contributed by atoms with Crippen LogP contribution in [0.25, 0.3) is 11.0 Å². The number of imidazole rings is 1. The number of nitrogens with zero attached hydrogens (tertiary/aromatic N) is 1. The first-order chi connectivity index (χ1) is 9.79. The second-order valence-corrected chi connectivity index (χ2v) is 5.78. The van der Waals surface area contributed by atoms with E-state index in [9.17, 15) is 4.79 Å². The molecule has 2 aliphatic carbocycles. The van der Waals surface area contributed by atoms with Crippen LogP contribution in [0.5, 0.6) is 0 Å². The largest absolute Gasteiger partial charge is 0.324 e. The molecule has 4 rings (SSSR count). The number of carbonyl (C=O) groups is 1. The third kappa shape index (κ3) is 2.33. The van der Waals surface area contributed by atoms with Crippen LogP contribution in [0.4, 0.5) is 5.95 Å². The average Bonchev–Trinajstić information content (AvgIpc) is 3.33. The first-order valence-corrected chi connectivity index (χ1v) is 7.27. The lowest BCUT2D eigenvalue weighted by Crippen LogP contribution is -2.11. The molecule has 0 aliphatic heterocycles. The number of carbonyl (C=O) groups excluding carboxylic acids is 1. The standard InChI is InChI=1S/C16H17N3O/c20-15(9-12(10-5-6-10)11-7-8-11)19-16-17-13-3-1-2-4-14(13)18-16/h1-4,9-11H,5-8H2,(H2,17,18,19,20). The summed E-state index contributed by atoms with van der Waals surface area (Å²) in [5.74, 6) is 1.81. The van der Waals surface area contributed by atoms with E-state index in [1.54, 1.807) is 0 Å². The number of para-hydroxylation sites is 2. The van der Waals surface area contributed by atoms with E-state index < -0.39 is 0 Å². The number of hydrogen-bond acceptors (Lipinski definition) is 2. The summed E-state index contributed by atoms with van der Waals surface area (Å²) in [6.45, 7) is 0. The van der Waals surface area contributed by atoms with Crippen LogP contribution in [0.2, 0.25) is 0 Å². The van der Waals surface area contributed by atoms with Crippen LogP contribution in [-0.4, -0.2) is 15.9 Å². The molecule has 1 amide bonds. The number of aromatic nitrogens is 2. The van der Waals surface area contributed by atoms with Gasteiger partial charge in [-0.25, -0.2) is 4.98 Å². The maximum Gasteiger partial charge on any atom is 0.250 e. The van der Waals surface area contributed by atoms with Crippen LogP contribution in [0, 0.1) is 11.8 Å². The fourth-order valence-electron chi connectivity index (χ4n) is 2.72. The summed E-state index contributed by atoms with van der Waals surface area (Å²) in [5.41, 5.74) is 3.17. The van der Waals surface area contributed by atoms with E-state index in [-0.39, 0.29) is 5.91 Å². The molecule has 2 fully saturated rings. The van der Waals surface area contributed by atoms with Gasteiger partial charge < -0.3 is 4.98 Å². The van der Waals surface area contributed by atoms with Crippen molar-refractivity contribution in [3.63, 3.8) is 0 Å². The van der Waals surface area contributed by atoms with Crippen LogP contribution in [0.3, 0.4) is 0 Å². The Labute approximate surface area is 117 Å². The van der Waals surface area contributed by atoms with Crippen molar-refractivity contribution in [1.82, 2.24) is 9.97 Å². The van der Waals surface area contributed by atoms with E-state index in [0.717, 1.165) is 11.0 Å². The van der Waals surface area contributed by atoms with Crippen LogP contribution in [0.15, 0.2) is 35.9 Å². The van der Waals surface area contributed by atoms with Crippen molar-refractivity contribution in [1.29, 1.82) is 0 Å². The highest BCUT2D eigenvalue weighted by atomic mass is 16.1. The number of aromatic amines is 1. The molecule has 2 aliphatic rings. The number of amides is 1. The molecule has 1 aromatic carbocycles. The van der Waals surface area contributed by atoms with Gasteiger partial charge in [0.05, 0.1) is 11.0 Å². The quantitative estimate of drug-likeness (QED) is 0.835. The molecule has 0 spiro atoms. The third-order valence-corrected chi connectivity index (χ3v) is 4.03. The number of hydrogen-bond donors (Lipinski definition) is 2. The zero-order chi connectivity index (χ0) is 13.5. The number of nitrogens with one attached hydrogen (secondary N) is 2. The fraction of sp³-hybridized carbons (Fsp3) is 0.375. The highest BCUT2D eigenvalue weighted by Gasteiger charge is 2.36. The van der Waals surface area contributed by atoms with Crippen molar-refractivity contribution < 1.29 is 4.79 Å². The molecule has 0 bridgehead atoms. The van der Waals surface area contributed by atoms with Gasteiger partial charge in [-0.3, -0.25) is 10.1 Å². The third-order valence-electron chi connectivity index (χ3n) is 4.03. The van der Waals surface area contributed by atoms with Gasteiger partial charge in [0.2, 0.25) is 5.95 Å². The van der Waals surface area contributed by atoms with Crippen molar-refractivity contribution in [3.8, 4) is 0 Å². The predicted octanol–water partition coefficient (Wildman–Crippen LogP) is 3.25. The van der Waals surface area contributed by atoms with Gasteiger partial charge in [0.15, 0.2) is 0 Å².